The van der Waals surface area contributed by atoms with Gasteiger partial charge >= 0.3 is 5.97 Å². The first-order valence-electron chi connectivity index (χ1n) is 13.5. The first-order valence-corrected chi connectivity index (χ1v) is 13.5. The zero-order valence-corrected chi connectivity index (χ0v) is 22.4. The summed E-state index contributed by atoms with van der Waals surface area (Å²) in [5, 5.41) is 1.33. The summed E-state index contributed by atoms with van der Waals surface area (Å²) in [6, 6.07) is 16.6. The van der Waals surface area contributed by atoms with E-state index in [2.05, 4.69) is 40.7 Å². The Morgan fingerprint density at radius 2 is 1.78 bits per heavy atom. The second kappa shape index (κ2) is 11.6. The predicted molar refractivity (Wildman–Crippen MR) is 145 cm³/mol. The molecule has 1 aliphatic rings. The number of piperidine rings is 1. The number of fused-ring (bicyclic) bond motifs is 1. The van der Waals surface area contributed by atoms with Gasteiger partial charge in [0, 0.05) is 29.7 Å². The number of carbonyl (C=O) groups is 1. The number of hydrogen-bond donors (Lipinski definition) is 0. The zero-order chi connectivity index (χ0) is 25.7. The number of likely N-dealkylation sites (tertiary alicyclic amines) is 1. The number of nitrogens with zero attached hydrogens (tertiary/aromatic N) is 2. The van der Waals surface area contributed by atoms with Crippen LogP contribution >= 0.6 is 0 Å². The second-order valence-corrected chi connectivity index (χ2v) is 11.0. The maximum absolute atomic E-state index is 14.2. The molecule has 1 saturated heterocycles. The Morgan fingerprint density at radius 1 is 1.08 bits per heavy atom. The molecule has 1 aromatic heterocycles. The van der Waals surface area contributed by atoms with Crippen LogP contribution in [0.5, 0.6) is 0 Å². The quantitative estimate of drug-likeness (QED) is 0.291. The first-order chi connectivity index (χ1) is 17.3. The van der Waals surface area contributed by atoms with Crippen molar-refractivity contribution in [3.8, 4) is 0 Å². The molecule has 4 nitrogen and oxygen atoms in total. The Balaban J connectivity index is 1.60. The van der Waals surface area contributed by atoms with Gasteiger partial charge in [-0.1, -0.05) is 43.7 Å². The second-order valence-electron chi connectivity index (χ2n) is 11.0. The number of methoxy groups -OCH3 is 1. The van der Waals surface area contributed by atoms with Gasteiger partial charge in [-0.15, -0.1) is 0 Å². The molecule has 0 bridgehead atoms. The smallest absolute Gasteiger partial charge is 0.337 e. The van der Waals surface area contributed by atoms with E-state index in [-0.39, 0.29) is 5.97 Å². The van der Waals surface area contributed by atoms with Crippen LogP contribution in [0.15, 0.2) is 48.5 Å². The Bertz CT molecular complexity index is 1150. The molecule has 2 heterocycles. The van der Waals surface area contributed by atoms with Crippen LogP contribution in [-0.2, 0) is 24.1 Å². The number of halogens is 1. The van der Waals surface area contributed by atoms with E-state index in [1.165, 1.54) is 34.8 Å². The number of rotatable bonds is 10. The van der Waals surface area contributed by atoms with Gasteiger partial charge in [-0.3, -0.25) is 0 Å². The summed E-state index contributed by atoms with van der Waals surface area (Å²) in [6.45, 7) is 9.09. The molecular weight excluding hydrogens is 451 g/mol. The van der Waals surface area contributed by atoms with Gasteiger partial charge in [0.15, 0.2) is 0 Å². The molecule has 0 N–H and O–H groups in total. The number of unbranched alkanes of at least 4 members (excludes halogenated alkanes) is 1. The summed E-state index contributed by atoms with van der Waals surface area (Å²) in [7, 11) is 1.41. The van der Waals surface area contributed by atoms with Crippen molar-refractivity contribution >= 4 is 16.9 Å². The monoisotopic (exact) mass is 492 g/mol. The number of carbonyl (C=O) groups excluding carboxylic acids is 1. The average molecular weight is 493 g/mol. The van der Waals surface area contributed by atoms with Crippen LogP contribution in [-0.4, -0.2) is 47.8 Å². The van der Waals surface area contributed by atoms with E-state index in [1.54, 1.807) is 13.8 Å². The molecule has 0 spiro atoms. The highest BCUT2D eigenvalue weighted by Gasteiger charge is 2.27. The van der Waals surface area contributed by atoms with Crippen LogP contribution in [0, 0.1) is 5.92 Å². The van der Waals surface area contributed by atoms with E-state index in [0.717, 1.165) is 58.2 Å². The summed E-state index contributed by atoms with van der Waals surface area (Å²) >= 11 is 0. The Kier molecular flexibility index (Phi) is 8.50. The predicted octanol–water partition coefficient (Wildman–Crippen LogP) is 6.82. The minimum absolute atomic E-state index is 0.303. The molecule has 0 aliphatic carbocycles. The highest BCUT2D eigenvalue weighted by molar-refractivity contribution is 5.89. The van der Waals surface area contributed by atoms with Crippen molar-refractivity contribution in [3.63, 3.8) is 0 Å². The zero-order valence-electron chi connectivity index (χ0n) is 22.4. The molecule has 5 heteroatoms. The minimum Gasteiger partial charge on any atom is -0.465 e. The van der Waals surface area contributed by atoms with E-state index in [1.807, 2.05) is 24.3 Å². The normalized spacial score (nSPS) is 15.5. The third kappa shape index (κ3) is 6.36. The molecule has 1 fully saturated rings. The molecule has 0 amide bonds. The number of alkyl halides is 1. The van der Waals surface area contributed by atoms with Crippen LogP contribution in [0.3, 0.4) is 0 Å². The number of ether oxygens (including phenoxy) is 1. The maximum atomic E-state index is 14.2. The van der Waals surface area contributed by atoms with Gasteiger partial charge in [0.25, 0.3) is 0 Å². The molecule has 2 aromatic carbocycles. The SMILES string of the molecule is CCCCc1c(Cc2ccc(C(=O)OC)cc2)c2ccccc2n1CC1CCN(CC(C)(C)F)CC1. The van der Waals surface area contributed by atoms with Gasteiger partial charge in [0.05, 0.1) is 12.7 Å². The largest absolute Gasteiger partial charge is 0.465 e. The summed E-state index contributed by atoms with van der Waals surface area (Å²) in [5.41, 5.74) is 4.81. The van der Waals surface area contributed by atoms with E-state index >= 15 is 0 Å². The van der Waals surface area contributed by atoms with Crippen LogP contribution in [0.25, 0.3) is 10.9 Å². The summed E-state index contributed by atoms with van der Waals surface area (Å²) in [6.07, 6.45) is 6.45. The molecule has 1 aliphatic heterocycles. The Morgan fingerprint density at radius 3 is 2.42 bits per heavy atom. The third-order valence-corrected chi connectivity index (χ3v) is 7.46. The van der Waals surface area contributed by atoms with E-state index in [0.29, 0.717) is 18.0 Å². The molecule has 3 aromatic rings. The van der Waals surface area contributed by atoms with Crippen molar-refractivity contribution < 1.29 is 13.9 Å². The molecule has 0 unspecified atom stereocenters. The van der Waals surface area contributed by atoms with E-state index < -0.39 is 5.67 Å². The molecular formula is C31H41FN2O2. The lowest BCUT2D eigenvalue weighted by Crippen LogP contribution is -2.41. The van der Waals surface area contributed by atoms with Gasteiger partial charge < -0.3 is 14.2 Å². The fourth-order valence-corrected chi connectivity index (χ4v) is 5.66. The number of esters is 1. The number of aromatic nitrogens is 1. The fraction of sp³-hybridized carbons (Fsp3) is 0.516. The van der Waals surface area contributed by atoms with Gasteiger partial charge in [-0.25, -0.2) is 9.18 Å². The van der Waals surface area contributed by atoms with Crippen molar-refractivity contribution in [2.24, 2.45) is 5.92 Å². The Hall–Kier alpha value is -2.66. The third-order valence-electron chi connectivity index (χ3n) is 7.46. The molecule has 36 heavy (non-hydrogen) atoms. The Labute approximate surface area is 215 Å². The number of benzene rings is 2. The molecule has 4 rings (SSSR count). The van der Waals surface area contributed by atoms with Crippen LogP contribution < -0.4 is 0 Å². The summed E-state index contributed by atoms with van der Waals surface area (Å²) < 4.78 is 21.6. The lowest BCUT2D eigenvalue weighted by molar-refractivity contribution is 0.0600. The highest BCUT2D eigenvalue weighted by atomic mass is 19.1. The lowest BCUT2D eigenvalue weighted by atomic mass is 9.95. The van der Waals surface area contributed by atoms with Crippen molar-refractivity contribution in [3.05, 3.63) is 70.9 Å². The number of hydrogen-bond acceptors (Lipinski definition) is 3. The number of para-hydroxylation sites is 1. The molecule has 0 saturated carbocycles. The molecule has 194 valence electrons. The van der Waals surface area contributed by atoms with Crippen molar-refractivity contribution in [1.29, 1.82) is 0 Å². The standard InChI is InChI=1S/C31H41FN2O2/c1-5-6-10-29-27(20-23-12-14-25(15-13-23)30(35)36-4)26-9-7-8-11-28(26)34(29)21-24-16-18-33(19-17-24)22-31(2,3)32/h7-9,11-15,24H,5-6,10,16-22H2,1-4H3. The summed E-state index contributed by atoms with van der Waals surface area (Å²) in [4.78, 5) is 14.1. The van der Waals surface area contributed by atoms with Gasteiger partial charge in [-0.05, 0) is 94.3 Å². The molecule has 0 atom stereocenters. The topological polar surface area (TPSA) is 34.5 Å². The van der Waals surface area contributed by atoms with Crippen molar-refractivity contribution in [1.82, 2.24) is 9.47 Å². The van der Waals surface area contributed by atoms with Crippen molar-refractivity contribution in [2.45, 2.75) is 71.5 Å². The van der Waals surface area contributed by atoms with Crippen LogP contribution in [0.2, 0.25) is 0 Å². The van der Waals surface area contributed by atoms with Crippen molar-refractivity contribution in [2.75, 3.05) is 26.7 Å². The van der Waals surface area contributed by atoms with Crippen LogP contribution in [0.4, 0.5) is 4.39 Å². The van der Waals surface area contributed by atoms with E-state index in [4.69, 9.17) is 4.74 Å². The first kappa shape index (κ1) is 26.4. The van der Waals surface area contributed by atoms with Gasteiger partial charge in [0.2, 0.25) is 0 Å². The fourth-order valence-electron chi connectivity index (χ4n) is 5.66. The minimum atomic E-state index is -1.14. The van der Waals surface area contributed by atoms with E-state index in [9.17, 15) is 9.18 Å². The lowest BCUT2D eigenvalue weighted by Gasteiger charge is -2.35. The summed E-state index contributed by atoms with van der Waals surface area (Å²) in [5.74, 6) is 0.301. The average Bonchev–Trinajstić information content (AvgIpc) is 3.15. The highest BCUT2D eigenvalue weighted by Crippen LogP contribution is 2.32. The van der Waals surface area contributed by atoms with Crippen LogP contribution in [0.1, 0.15) is 73.6 Å². The van der Waals surface area contributed by atoms with Gasteiger partial charge in [-0.2, -0.15) is 0 Å². The molecule has 0 radical (unpaired) electrons. The maximum Gasteiger partial charge on any atom is 0.337 e. The van der Waals surface area contributed by atoms with Gasteiger partial charge in [0.1, 0.15) is 5.67 Å².